The molecule has 1 saturated carbocycles. The molecular weight excluding hydrogens is 319 g/mol. The summed E-state index contributed by atoms with van der Waals surface area (Å²) in [5.41, 5.74) is 2.33. The summed E-state index contributed by atoms with van der Waals surface area (Å²) in [4.78, 5) is 5.54. The van der Waals surface area contributed by atoms with Crippen molar-refractivity contribution in [2.75, 3.05) is 20.2 Å². The fourth-order valence-corrected chi connectivity index (χ4v) is 3.49. The first kappa shape index (κ1) is 16.1. The molecule has 1 heterocycles. The van der Waals surface area contributed by atoms with E-state index in [0.29, 0.717) is 12.4 Å². The zero-order valence-electron chi connectivity index (χ0n) is 14.2. The maximum atomic E-state index is 13.7. The maximum Gasteiger partial charge on any atom is 0.143 e. The Bertz CT molecular complexity index is 794. The van der Waals surface area contributed by atoms with Crippen molar-refractivity contribution in [1.29, 1.82) is 0 Å². The van der Waals surface area contributed by atoms with Crippen LogP contribution in [0.4, 0.5) is 4.39 Å². The van der Waals surface area contributed by atoms with Gasteiger partial charge in [0.2, 0.25) is 0 Å². The van der Waals surface area contributed by atoms with Crippen LogP contribution in [0.3, 0.4) is 0 Å². The molecule has 0 bridgehead atoms. The van der Waals surface area contributed by atoms with Gasteiger partial charge in [0, 0.05) is 18.1 Å². The zero-order valence-corrected chi connectivity index (χ0v) is 14.2. The number of nitrogens with zero attached hydrogens (tertiary/aromatic N) is 1. The number of halogens is 1. The van der Waals surface area contributed by atoms with Crippen LogP contribution in [0.15, 0.2) is 53.7 Å². The minimum Gasteiger partial charge on any atom is -0.481 e. The van der Waals surface area contributed by atoms with Crippen molar-refractivity contribution in [3.8, 4) is 5.75 Å². The van der Waals surface area contributed by atoms with Crippen LogP contribution in [0.25, 0.3) is 0 Å². The van der Waals surface area contributed by atoms with E-state index in [-0.39, 0.29) is 11.7 Å². The maximum absolute atomic E-state index is 13.7. The van der Waals surface area contributed by atoms with Crippen molar-refractivity contribution in [2.24, 2.45) is 11.1 Å². The number of oxime groups is 1. The average molecular weight is 340 g/mol. The molecule has 4 rings (SSSR count). The third kappa shape index (κ3) is 2.89. The van der Waals surface area contributed by atoms with Gasteiger partial charge in [-0.05, 0) is 37.7 Å². The zero-order chi connectivity index (χ0) is 17.3. The molecule has 1 N–H and O–H groups in total. The van der Waals surface area contributed by atoms with Gasteiger partial charge < -0.3 is 14.9 Å². The Hall–Kier alpha value is -2.40. The Balaban J connectivity index is 1.65. The number of ether oxygens (including phenoxy) is 1. The molecular formula is C20H21FN2O2. The lowest BCUT2D eigenvalue weighted by atomic mass is 9.95. The monoisotopic (exact) mass is 340 g/mol. The van der Waals surface area contributed by atoms with Gasteiger partial charge in [0.05, 0.1) is 11.6 Å². The van der Waals surface area contributed by atoms with Crippen LogP contribution < -0.4 is 10.1 Å². The van der Waals surface area contributed by atoms with Crippen molar-refractivity contribution >= 4 is 5.71 Å². The highest BCUT2D eigenvalue weighted by atomic mass is 19.1. The Morgan fingerprint density at radius 1 is 1.28 bits per heavy atom. The number of hydrogen-bond donors (Lipinski definition) is 1. The van der Waals surface area contributed by atoms with Gasteiger partial charge in [-0.1, -0.05) is 35.5 Å². The van der Waals surface area contributed by atoms with E-state index in [4.69, 9.17) is 9.57 Å². The van der Waals surface area contributed by atoms with Crippen molar-refractivity contribution in [3.05, 3.63) is 65.5 Å². The van der Waals surface area contributed by atoms with Gasteiger partial charge in [-0.15, -0.1) is 0 Å². The standard InChI is InChI=1S/C20H21FN2O2/c1-22-10-5-11-24-23-19-16-9-8-15(21)12-18(16)25-20(13-17(19)20)14-6-3-2-4-7-14/h2-4,6-9,12,17,22H,5,10-11,13H2,1H3. The molecule has 1 aliphatic heterocycles. The van der Waals surface area contributed by atoms with Crippen LogP contribution in [0.1, 0.15) is 24.0 Å². The molecule has 1 aliphatic carbocycles. The van der Waals surface area contributed by atoms with E-state index in [2.05, 4.69) is 22.6 Å². The summed E-state index contributed by atoms with van der Waals surface area (Å²) in [7, 11) is 1.91. The van der Waals surface area contributed by atoms with E-state index >= 15 is 0 Å². The minimum absolute atomic E-state index is 0.136. The quantitative estimate of drug-likeness (QED) is 0.647. The molecule has 2 atom stereocenters. The lowest BCUT2D eigenvalue weighted by Crippen LogP contribution is -2.28. The molecule has 5 heteroatoms. The third-order valence-corrected chi connectivity index (χ3v) is 4.84. The number of nitrogens with one attached hydrogen (secondary N) is 1. The number of rotatable bonds is 6. The van der Waals surface area contributed by atoms with Crippen molar-refractivity contribution in [3.63, 3.8) is 0 Å². The van der Waals surface area contributed by atoms with Crippen molar-refractivity contribution < 1.29 is 14.0 Å². The Morgan fingerprint density at radius 3 is 2.92 bits per heavy atom. The summed E-state index contributed by atoms with van der Waals surface area (Å²) in [6, 6.07) is 14.7. The summed E-state index contributed by atoms with van der Waals surface area (Å²) in [5, 5.41) is 7.49. The van der Waals surface area contributed by atoms with E-state index in [9.17, 15) is 4.39 Å². The average Bonchev–Trinajstić information content (AvgIpc) is 3.37. The third-order valence-electron chi connectivity index (χ3n) is 4.84. The lowest BCUT2D eigenvalue weighted by Gasteiger charge is -2.27. The molecule has 4 nitrogen and oxygen atoms in total. The van der Waals surface area contributed by atoms with E-state index in [1.54, 1.807) is 6.07 Å². The normalized spacial score (nSPS) is 25.0. The Labute approximate surface area is 146 Å². The predicted molar refractivity (Wildman–Crippen MR) is 94.3 cm³/mol. The van der Waals surface area contributed by atoms with Gasteiger partial charge in [0.1, 0.15) is 23.8 Å². The molecule has 0 spiro atoms. The fourth-order valence-electron chi connectivity index (χ4n) is 3.49. The predicted octanol–water partition coefficient (Wildman–Crippen LogP) is 3.46. The fraction of sp³-hybridized carbons (Fsp3) is 0.350. The van der Waals surface area contributed by atoms with E-state index in [1.807, 2.05) is 25.2 Å². The first-order chi connectivity index (χ1) is 12.2. The van der Waals surface area contributed by atoms with Gasteiger partial charge >= 0.3 is 0 Å². The highest BCUT2D eigenvalue weighted by Gasteiger charge is 2.64. The van der Waals surface area contributed by atoms with E-state index in [1.165, 1.54) is 12.1 Å². The minimum atomic E-state index is -0.449. The summed E-state index contributed by atoms with van der Waals surface area (Å²) in [6.45, 7) is 1.43. The topological polar surface area (TPSA) is 42.8 Å². The summed E-state index contributed by atoms with van der Waals surface area (Å²) in [6.07, 6.45) is 1.71. The first-order valence-corrected chi connectivity index (χ1v) is 8.63. The molecule has 0 radical (unpaired) electrons. The van der Waals surface area contributed by atoms with Crippen LogP contribution in [0.5, 0.6) is 5.75 Å². The molecule has 2 aliphatic rings. The SMILES string of the molecule is CNCCCON=C1c2ccc(F)cc2OC2(c3ccccc3)CC12. The molecule has 2 unspecified atom stereocenters. The van der Waals surface area contributed by atoms with Gasteiger partial charge in [0.25, 0.3) is 0 Å². The van der Waals surface area contributed by atoms with Crippen molar-refractivity contribution in [1.82, 2.24) is 5.32 Å². The largest absolute Gasteiger partial charge is 0.481 e. The molecule has 25 heavy (non-hydrogen) atoms. The number of hydrogen-bond acceptors (Lipinski definition) is 4. The summed E-state index contributed by atoms with van der Waals surface area (Å²) in [5.74, 6) is 0.364. The second-order valence-electron chi connectivity index (χ2n) is 6.52. The van der Waals surface area contributed by atoms with E-state index in [0.717, 1.165) is 36.2 Å². The summed E-state index contributed by atoms with van der Waals surface area (Å²) < 4.78 is 20.0. The van der Waals surface area contributed by atoms with Gasteiger partial charge in [-0.2, -0.15) is 0 Å². The molecule has 2 aromatic rings. The molecule has 130 valence electrons. The van der Waals surface area contributed by atoms with Gasteiger partial charge in [-0.3, -0.25) is 0 Å². The van der Waals surface area contributed by atoms with Crippen LogP contribution in [0.2, 0.25) is 0 Å². The molecule has 0 saturated heterocycles. The van der Waals surface area contributed by atoms with Gasteiger partial charge in [0.15, 0.2) is 0 Å². The highest BCUT2D eigenvalue weighted by molar-refractivity contribution is 6.08. The second kappa shape index (κ2) is 6.48. The highest BCUT2D eigenvalue weighted by Crippen LogP contribution is 2.60. The second-order valence-corrected chi connectivity index (χ2v) is 6.52. The smallest absolute Gasteiger partial charge is 0.143 e. The lowest BCUT2D eigenvalue weighted by molar-refractivity contribution is 0.134. The van der Waals surface area contributed by atoms with E-state index < -0.39 is 5.60 Å². The van der Waals surface area contributed by atoms with Crippen molar-refractivity contribution in [2.45, 2.75) is 18.4 Å². The Morgan fingerprint density at radius 2 is 2.12 bits per heavy atom. The van der Waals surface area contributed by atoms with Crippen LogP contribution in [-0.2, 0) is 10.4 Å². The van der Waals surface area contributed by atoms with Crippen LogP contribution in [-0.4, -0.2) is 25.9 Å². The first-order valence-electron chi connectivity index (χ1n) is 8.63. The Kier molecular flexibility index (Phi) is 4.17. The molecule has 2 aromatic carbocycles. The number of benzene rings is 2. The van der Waals surface area contributed by atoms with Crippen LogP contribution in [0, 0.1) is 11.7 Å². The molecule has 0 aromatic heterocycles. The van der Waals surface area contributed by atoms with Gasteiger partial charge in [-0.25, -0.2) is 4.39 Å². The summed E-state index contributed by atoms with van der Waals surface area (Å²) >= 11 is 0. The molecule has 1 fully saturated rings. The van der Waals surface area contributed by atoms with Crippen LogP contribution >= 0.6 is 0 Å². The number of fused-ring (bicyclic) bond motifs is 2. The molecule has 0 amide bonds.